The van der Waals surface area contributed by atoms with Gasteiger partial charge in [0.15, 0.2) is 5.78 Å². The molecule has 0 amide bonds. The van der Waals surface area contributed by atoms with Gasteiger partial charge < -0.3 is 16.4 Å². The van der Waals surface area contributed by atoms with E-state index in [2.05, 4.69) is 27.9 Å². The summed E-state index contributed by atoms with van der Waals surface area (Å²) in [5.74, 6) is -0.0955. The summed E-state index contributed by atoms with van der Waals surface area (Å²) < 4.78 is 0. The zero-order valence-corrected chi connectivity index (χ0v) is 16.8. The summed E-state index contributed by atoms with van der Waals surface area (Å²) in [6.07, 6.45) is 6.74. The molecule has 1 fully saturated rings. The molecule has 1 aliphatic heterocycles. The second kappa shape index (κ2) is 8.17. The predicted octanol–water partition coefficient (Wildman–Crippen LogP) is 3.13. The van der Waals surface area contributed by atoms with Crippen LogP contribution in [0.4, 0.5) is 11.4 Å². The molecule has 0 unspecified atom stereocenters. The largest absolute Gasteiger partial charge is 0.397 e. The SMILES string of the molecule is CCc1ccc2cc(N)c(C(=O)Cc3cnccc3N3CCC[C@H](N)C3)nc2c1. The number of aryl methyl sites for hydroxylation is 1. The zero-order valence-electron chi connectivity index (χ0n) is 16.8. The Kier molecular flexibility index (Phi) is 5.45. The number of fused-ring (bicyclic) bond motifs is 1. The first-order valence-electron chi connectivity index (χ1n) is 10.2. The number of aromatic nitrogens is 2. The third-order valence-electron chi connectivity index (χ3n) is 5.61. The molecule has 1 atom stereocenters. The van der Waals surface area contributed by atoms with Crippen LogP contribution in [-0.4, -0.2) is 34.9 Å². The maximum absolute atomic E-state index is 13.1. The first kappa shape index (κ1) is 19.3. The first-order chi connectivity index (χ1) is 14.0. The van der Waals surface area contributed by atoms with Crippen LogP contribution >= 0.6 is 0 Å². The summed E-state index contributed by atoms with van der Waals surface area (Å²) in [6, 6.07) is 10.1. The van der Waals surface area contributed by atoms with Crippen molar-refractivity contribution in [3.63, 3.8) is 0 Å². The van der Waals surface area contributed by atoms with E-state index in [1.54, 1.807) is 12.4 Å². The number of nitrogens with zero attached hydrogens (tertiary/aromatic N) is 3. The number of carbonyl (C=O) groups is 1. The van der Waals surface area contributed by atoms with E-state index in [0.29, 0.717) is 11.4 Å². The molecule has 3 heterocycles. The van der Waals surface area contributed by atoms with Crippen molar-refractivity contribution in [2.45, 2.75) is 38.6 Å². The predicted molar refractivity (Wildman–Crippen MR) is 117 cm³/mol. The fraction of sp³-hybridized carbons (Fsp3) is 0.348. The average Bonchev–Trinajstić information content (AvgIpc) is 2.73. The summed E-state index contributed by atoms with van der Waals surface area (Å²) in [6.45, 7) is 3.83. The molecular formula is C23H27N5O. The van der Waals surface area contributed by atoms with E-state index in [4.69, 9.17) is 11.5 Å². The number of Topliss-reactive ketones (excluding diaryl/α,β-unsaturated/α-hetero) is 1. The van der Waals surface area contributed by atoms with E-state index in [-0.39, 0.29) is 18.2 Å². The highest BCUT2D eigenvalue weighted by Crippen LogP contribution is 2.26. The number of ketones is 1. The van der Waals surface area contributed by atoms with Crippen LogP contribution in [0.15, 0.2) is 42.7 Å². The van der Waals surface area contributed by atoms with Crippen LogP contribution in [0.2, 0.25) is 0 Å². The van der Waals surface area contributed by atoms with Gasteiger partial charge in [-0.3, -0.25) is 9.78 Å². The number of piperidine rings is 1. The minimum atomic E-state index is -0.0955. The highest BCUT2D eigenvalue weighted by molar-refractivity contribution is 6.03. The Morgan fingerprint density at radius 1 is 1.28 bits per heavy atom. The maximum Gasteiger partial charge on any atom is 0.187 e. The molecule has 4 N–H and O–H groups in total. The number of benzene rings is 1. The number of nitrogen functional groups attached to an aromatic ring is 1. The molecule has 0 bridgehead atoms. The van der Waals surface area contributed by atoms with Crippen LogP contribution in [0.3, 0.4) is 0 Å². The van der Waals surface area contributed by atoms with Crippen molar-refractivity contribution in [3.8, 4) is 0 Å². The van der Waals surface area contributed by atoms with Gasteiger partial charge in [0, 0.05) is 54.6 Å². The van der Waals surface area contributed by atoms with Gasteiger partial charge in [0.2, 0.25) is 0 Å². The smallest absolute Gasteiger partial charge is 0.187 e. The Morgan fingerprint density at radius 2 is 2.14 bits per heavy atom. The lowest BCUT2D eigenvalue weighted by Gasteiger charge is -2.33. The third kappa shape index (κ3) is 4.07. The number of hydrogen-bond acceptors (Lipinski definition) is 6. The lowest BCUT2D eigenvalue weighted by atomic mass is 10.0. The lowest BCUT2D eigenvalue weighted by Crippen LogP contribution is -2.43. The quantitative estimate of drug-likeness (QED) is 0.651. The van der Waals surface area contributed by atoms with Gasteiger partial charge in [-0.1, -0.05) is 19.1 Å². The molecule has 0 radical (unpaired) electrons. The Balaban J connectivity index is 1.64. The number of hydrogen-bond donors (Lipinski definition) is 2. The van der Waals surface area contributed by atoms with Crippen LogP contribution in [0.5, 0.6) is 0 Å². The number of rotatable bonds is 5. The highest BCUT2D eigenvalue weighted by atomic mass is 16.1. The van der Waals surface area contributed by atoms with Crippen molar-refractivity contribution in [2.75, 3.05) is 23.7 Å². The van der Waals surface area contributed by atoms with Crippen molar-refractivity contribution in [1.82, 2.24) is 9.97 Å². The van der Waals surface area contributed by atoms with Crippen molar-refractivity contribution in [2.24, 2.45) is 5.73 Å². The number of pyridine rings is 2. The van der Waals surface area contributed by atoms with Gasteiger partial charge >= 0.3 is 0 Å². The molecule has 1 aromatic carbocycles. The molecule has 6 nitrogen and oxygen atoms in total. The molecule has 2 aromatic heterocycles. The van der Waals surface area contributed by atoms with E-state index < -0.39 is 0 Å². The minimum absolute atomic E-state index is 0.0955. The Bertz CT molecular complexity index is 1050. The molecule has 150 valence electrons. The third-order valence-corrected chi connectivity index (χ3v) is 5.61. The maximum atomic E-state index is 13.1. The van der Waals surface area contributed by atoms with Crippen molar-refractivity contribution in [3.05, 3.63) is 59.5 Å². The first-order valence-corrected chi connectivity index (χ1v) is 10.2. The van der Waals surface area contributed by atoms with Crippen molar-refractivity contribution in [1.29, 1.82) is 0 Å². The second-order valence-electron chi connectivity index (χ2n) is 7.76. The van der Waals surface area contributed by atoms with Gasteiger partial charge in [-0.2, -0.15) is 0 Å². The van der Waals surface area contributed by atoms with Crippen LogP contribution in [0, 0.1) is 0 Å². The Hall–Kier alpha value is -2.99. The molecule has 4 rings (SSSR count). The van der Waals surface area contributed by atoms with Crippen LogP contribution < -0.4 is 16.4 Å². The topological polar surface area (TPSA) is 98.1 Å². The van der Waals surface area contributed by atoms with Gasteiger partial charge in [-0.15, -0.1) is 0 Å². The fourth-order valence-corrected chi connectivity index (χ4v) is 4.02. The average molecular weight is 390 g/mol. The fourth-order valence-electron chi connectivity index (χ4n) is 4.02. The molecule has 3 aromatic rings. The Morgan fingerprint density at radius 3 is 2.93 bits per heavy atom. The molecule has 1 aliphatic rings. The molecule has 0 spiro atoms. The van der Waals surface area contributed by atoms with Crippen LogP contribution in [0.25, 0.3) is 10.9 Å². The highest BCUT2D eigenvalue weighted by Gasteiger charge is 2.21. The van der Waals surface area contributed by atoms with Gasteiger partial charge in [-0.25, -0.2) is 4.98 Å². The molecule has 29 heavy (non-hydrogen) atoms. The van der Waals surface area contributed by atoms with E-state index in [0.717, 1.165) is 54.5 Å². The Labute approximate surface area is 170 Å². The van der Waals surface area contributed by atoms with Gasteiger partial charge in [0.05, 0.1) is 11.2 Å². The summed E-state index contributed by atoms with van der Waals surface area (Å²) in [4.78, 5) is 24.2. The van der Waals surface area contributed by atoms with Gasteiger partial charge in [-0.05, 0) is 43.0 Å². The van der Waals surface area contributed by atoms with Crippen molar-refractivity contribution < 1.29 is 4.79 Å². The molecule has 0 saturated carbocycles. The van der Waals surface area contributed by atoms with Crippen LogP contribution in [0.1, 0.15) is 41.4 Å². The lowest BCUT2D eigenvalue weighted by molar-refractivity contribution is 0.0989. The summed E-state index contributed by atoms with van der Waals surface area (Å²) in [5, 5.41) is 0.945. The summed E-state index contributed by atoms with van der Waals surface area (Å²) >= 11 is 0. The van der Waals surface area contributed by atoms with E-state index >= 15 is 0 Å². The number of anilines is 2. The van der Waals surface area contributed by atoms with Gasteiger partial charge in [0.25, 0.3) is 0 Å². The second-order valence-corrected chi connectivity index (χ2v) is 7.76. The summed E-state index contributed by atoms with van der Waals surface area (Å²) in [5.41, 5.74) is 17.0. The molecule has 6 heteroatoms. The number of nitrogens with two attached hydrogens (primary N) is 2. The molecular weight excluding hydrogens is 362 g/mol. The monoisotopic (exact) mass is 389 g/mol. The minimum Gasteiger partial charge on any atom is -0.397 e. The van der Waals surface area contributed by atoms with Crippen LogP contribution in [-0.2, 0) is 12.8 Å². The molecule has 1 saturated heterocycles. The van der Waals surface area contributed by atoms with E-state index in [1.807, 2.05) is 24.3 Å². The standard InChI is InChI=1S/C23H27N5O/c1-2-15-5-6-16-11-19(25)23(27-20(16)10-15)22(29)12-17-13-26-8-7-21(17)28-9-3-4-18(24)14-28/h5-8,10-11,13,18H,2-4,9,12,14,24-25H2,1H3/t18-/m0/s1. The van der Waals surface area contributed by atoms with Gasteiger partial charge in [0.1, 0.15) is 5.69 Å². The number of carbonyl (C=O) groups excluding carboxylic acids is 1. The zero-order chi connectivity index (χ0) is 20.4. The van der Waals surface area contributed by atoms with Crippen molar-refractivity contribution >= 4 is 28.1 Å². The molecule has 0 aliphatic carbocycles. The normalized spacial score (nSPS) is 16.9. The van der Waals surface area contributed by atoms with E-state index in [1.165, 1.54) is 5.56 Å². The summed E-state index contributed by atoms with van der Waals surface area (Å²) in [7, 11) is 0. The van der Waals surface area contributed by atoms with E-state index in [9.17, 15) is 4.79 Å².